The number of nitrogens with one attached hydrogen (secondary N) is 1. The van der Waals surface area contributed by atoms with Crippen LogP contribution in [0, 0.1) is 11.3 Å². The molecule has 1 N–H and O–H groups in total. The normalized spacial score (nSPS) is 14.9. The van der Waals surface area contributed by atoms with E-state index in [1.807, 2.05) is 26.0 Å². The molecule has 3 rings (SSSR count). The Balaban J connectivity index is 1.76. The lowest BCUT2D eigenvalue weighted by molar-refractivity contribution is -0.127. The predicted octanol–water partition coefficient (Wildman–Crippen LogP) is 4.51. The molecule has 0 saturated carbocycles. The van der Waals surface area contributed by atoms with Gasteiger partial charge in [-0.2, -0.15) is 0 Å². The largest absolute Gasteiger partial charge is 0.493 e. The average molecular weight is 441 g/mol. The molecule has 0 fully saturated rings. The summed E-state index contributed by atoms with van der Waals surface area (Å²) in [6.07, 6.45) is 0.866. The second-order valence-corrected chi connectivity index (χ2v) is 8.98. The molecule has 0 saturated heterocycles. The van der Waals surface area contributed by atoms with Gasteiger partial charge in [-0.3, -0.25) is 9.59 Å². The fourth-order valence-electron chi connectivity index (χ4n) is 3.41. The summed E-state index contributed by atoms with van der Waals surface area (Å²) in [6, 6.07) is 12.5. The number of benzene rings is 2. The number of nitrogens with zero attached hydrogens (tertiary/aromatic N) is 1. The molecule has 2 amide bonds. The number of fused-ring (bicyclic) bond motifs is 1. The molecule has 0 bridgehead atoms. The zero-order chi connectivity index (χ0) is 23.3. The zero-order valence-electron chi connectivity index (χ0n) is 19.4. The molecule has 0 aromatic heterocycles. The van der Waals surface area contributed by atoms with Crippen molar-refractivity contribution in [3.05, 3.63) is 42.5 Å². The summed E-state index contributed by atoms with van der Waals surface area (Å²) in [6.45, 7) is 8.76. The summed E-state index contributed by atoms with van der Waals surface area (Å²) in [4.78, 5) is 27.5. The minimum absolute atomic E-state index is 0.0138. The highest BCUT2D eigenvalue weighted by Crippen LogP contribution is 2.38. The Morgan fingerprint density at radius 3 is 2.59 bits per heavy atom. The Morgan fingerprint density at radius 1 is 1.19 bits per heavy atom. The van der Waals surface area contributed by atoms with Gasteiger partial charge in [0, 0.05) is 12.2 Å². The Bertz CT molecular complexity index is 971. The van der Waals surface area contributed by atoms with Crippen LogP contribution in [0.25, 0.3) is 0 Å². The molecule has 0 unspecified atom stereocenters. The third-order valence-corrected chi connectivity index (χ3v) is 5.30. The van der Waals surface area contributed by atoms with Crippen molar-refractivity contribution in [2.45, 2.75) is 34.1 Å². The molecule has 32 heavy (non-hydrogen) atoms. The highest BCUT2D eigenvalue weighted by Gasteiger charge is 2.37. The Hall–Kier alpha value is -3.22. The maximum atomic E-state index is 13.2. The van der Waals surface area contributed by atoms with E-state index in [0.717, 1.165) is 6.42 Å². The smallest absolute Gasteiger partial charge is 0.262 e. The molecule has 1 aliphatic rings. The van der Waals surface area contributed by atoms with Gasteiger partial charge in [0.1, 0.15) is 12.4 Å². The van der Waals surface area contributed by atoms with Crippen LogP contribution in [0.2, 0.25) is 0 Å². The number of anilines is 2. The molecule has 1 heterocycles. The molecular formula is C25H32N2O5. The molecule has 1 aliphatic heterocycles. The van der Waals surface area contributed by atoms with E-state index in [9.17, 15) is 9.59 Å². The fourth-order valence-corrected chi connectivity index (χ4v) is 3.41. The number of ether oxygens (including phenoxy) is 3. The first kappa shape index (κ1) is 23.4. The van der Waals surface area contributed by atoms with E-state index in [0.29, 0.717) is 47.7 Å². The van der Waals surface area contributed by atoms with E-state index in [4.69, 9.17) is 14.2 Å². The van der Waals surface area contributed by atoms with Crippen molar-refractivity contribution in [3.8, 4) is 17.2 Å². The summed E-state index contributed by atoms with van der Waals surface area (Å²) in [5, 5.41) is 2.84. The van der Waals surface area contributed by atoms with Crippen LogP contribution < -0.4 is 24.4 Å². The third-order valence-electron chi connectivity index (χ3n) is 5.30. The highest BCUT2D eigenvalue weighted by molar-refractivity contribution is 6.00. The maximum Gasteiger partial charge on any atom is 0.262 e. The van der Waals surface area contributed by atoms with Crippen LogP contribution in [0.15, 0.2) is 42.5 Å². The topological polar surface area (TPSA) is 77.1 Å². The lowest BCUT2D eigenvalue weighted by Crippen LogP contribution is -2.42. The molecule has 172 valence electrons. The van der Waals surface area contributed by atoms with Crippen LogP contribution >= 0.6 is 0 Å². The number of carbonyl (C=O) groups is 2. The Kier molecular flexibility index (Phi) is 7.28. The van der Waals surface area contributed by atoms with Crippen LogP contribution in [0.4, 0.5) is 11.4 Å². The number of carbonyl (C=O) groups excluding carboxylic acids is 2. The number of methoxy groups -OCH3 is 1. The number of hydrogen-bond donors (Lipinski definition) is 1. The summed E-state index contributed by atoms with van der Waals surface area (Å²) in [5.74, 6) is 1.84. The lowest BCUT2D eigenvalue weighted by Gasteiger charge is -2.28. The van der Waals surface area contributed by atoms with Gasteiger partial charge >= 0.3 is 0 Å². The Morgan fingerprint density at radius 2 is 1.91 bits per heavy atom. The van der Waals surface area contributed by atoms with Crippen LogP contribution in [0.1, 0.15) is 34.1 Å². The molecular weight excluding hydrogens is 408 g/mol. The molecule has 0 atom stereocenters. The van der Waals surface area contributed by atoms with Crippen LogP contribution in [-0.2, 0) is 9.59 Å². The third kappa shape index (κ3) is 5.52. The minimum Gasteiger partial charge on any atom is -0.493 e. The number of rotatable bonds is 8. The lowest BCUT2D eigenvalue weighted by atomic mass is 9.92. The summed E-state index contributed by atoms with van der Waals surface area (Å²) in [7, 11) is 1.55. The van der Waals surface area contributed by atoms with E-state index in [1.165, 1.54) is 0 Å². The summed E-state index contributed by atoms with van der Waals surface area (Å²) in [5.41, 5.74) is 0.606. The van der Waals surface area contributed by atoms with Gasteiger partial charge in [0.25, 0.3) is 5.91 Å². The standard InChI is InChI=1S/C25H32N2O5/c1-17(2)12-13-27-19-14-18(10-11-20(19)32-16-25(3,4)24(27)29)26-23(28)15-31-22-9-7-6-8-21(22)30-5/h6-11,14,17H,12-13,15-16H2,1-5H3,(H,26,28). The van der Waals surface area contributed by atoms with Crippen LogP contribution in [0.5, 0.6) is 17.2 Å². The van der Waals surface area contributed by atoms with E-state index < -0.39 is 5.41 Å². The van der Waals surface area contributed by atoms with Crippen molar-refractivity contribution in [3.63, 3.8) is 0 Å². The van der Waals surface area contributed by atoms with Gasteiger partial charge in [0.2, 0.25) is 5.91 Å². The SMILES string of the molecule is COc1ccccc1OCC(=O)Nc1ccc2c(c1)N(CCC(C)C)C(=O)C(C)(C)CO2. The second kappa shape index (κ2) is 9.94. The van der Waals surface area contributed by atoms with Gasteiger partial charge in [-0.05, 0) is 56.5 Å². The van der Waals surface area contributed by atoms with Crippen molar-refractivity contribution in [2.24, 2.45) is 11.3 Å². The molecule has 0 spiro atoms. The summed E-state index contributed by atoms with van der Waals surface area (Å²) >= 11 is 0. The molecule has 0 aliphatic carbocycles. The van der Waals surface area contributed by atoms with Gasteiger partial charge in [0.05, 0.1) is 18.2 Å². The molecule has 0 radical (unpaired) electrons. The van der Waals surface area contributed by atoms with E-state index in [-0.39, 0.29) is 18.4 Å². The van der Waals surface area contributed by atoms with Crippen molar-refractivity contribution >= 4 is 23.2 Å². The molecule has 2 aromatic rings. The van der Waals surface area contributed by atoms with Crippen molar-refractivity contribution < 1.29 is 23.8 Å². The van der Waals surface area contributed by atoms with E-state index in [2.05, 4.69) is 19.2 Å². The van der Waals surface area contributed by atoms with Gasteiger partial charge in [-0.25, -0.2) is 0 Å². The molecule has 2 aromatic carbocycles. The fraction of sp³-hybridized carbons (Fsp3) is 0.440. The van der Waals surface area contributed by atoms with Crippen molar-refractivity contribution in [1.29, 1.82) is 0 Å². The van der Waals surface area contributed by atoms with Gasteiger partial charge < -0.3 is 24.4 Å². The zero-order valence-corrected chi connectivity index (χ0v) is 19.4. The van der Waals surface area contributed by atoms with Crippen molar-refractivity contribution in [1.82, 2.24) is 0 Å². The Labute approximate surface area is 189 Å². The molecule has 7 heteroatoms. The first-order valence-electron chi connectivity index (χ1n) is 10.9. The van der Waals surface area contributed by atoms with Crippen LogP contribution in [0.3, 0.4) is 0 Å². The van der Waals surface area contributed by atoms with Gasteiger partial charge in [-0.15, -0.1) is 0 Å². The minimum atomic E-state index is -0.637. The van der Waals surface area contributed by atoms with E-state index >= 15 is 0 Å². The first-order valence-corrected chi connectivity index (χ1v) is 10.9. The number of para-hydroxylation sites is 2. The number of amides is 2. The van der Waals surface area contributed by atoms with Gasteiger partial charge in [0.15, 0.2) is 18.1 Å². The molecule has 7 nitrogen and oxygen atoms in total. The van der Waals surface area contributed by atoms with Gasteiger partial charge in [-0.1, -0.05) is 26.0 Å². The quantitative estimate of drug-likeness (QED) is 0.654. The predicted molar refractivity (Wildman–Crippen MR) is 125 cm³/mol. The maximum absolute atomic E-state index is 13.2. The van der Waals surface area contributed by atoms with Crippen LogP contribution in [-0.4, -0.2) is 38.7 Å². The van der Waals surface area contributed by atoms with E-state index in [1.54, 1.807) is 42.3 Å². The number of hydrogen-bond acceptors (Lipinski definition) is 5. The first-order chi connectivity index (χ1) is 15.2. The second-order valence-electron chi connectivity index (χ2n) is 8.98. The summed E-state index contributed by atoms with van der Waals surface area (Å²) < 4.78 is 16.8. The highest BCUT2D eigenvalue weighted by atomic mass is 16.5. The average Bonchev–Trinajstić information content (AvgIpc) is 2.85. The monoisotopic (exact) mass is 440 g/mol. The van der Waals surface area contributed by atoms with Crippen molar-refractivity contribution in [2.75, 3.05) is 37.1 Å².